The summed E-state index contributed by atoms with van der Waals surface area (Å²) in [6.45, 7) is 1.64. The van der Waals surface area contributed by atoms with E-state index < -0.39 is 5.97 Å². The number of thiazole rings is 1. The summed E-state index contributed by atoms with van der Waals surface area (Å²) in [6.07, 6.45) is 0. The van der Waals surface area contributed by atoms with Crippen molar-refractivity contribution in [2.75, 3.05) is 13.7 Å². The van der Waals surface area contributed by atoms with E-state index in [9.17, 15) is 9.59 Å². The first kappa shape index (κ1) is 13.7. The van der Waals surface area contributed by atoms with Gasteiger partial charge in [0, 0.05) is 10.9 Å². The highest BCUT2D eigenvalue weighted by molar-refractivity contribution is 7.17. The Hall–Kier alpha value is -1.73. The van der Waals surface area contributed by atoms with Gasteiger partial charge in [0.25, 0.3) is 5.91 Å². The number of nitrogens with one attached hydrogen (secondary N) is 1. The van der Waals surface area contributed by atoms with Crippen LogP contribution in [0.2, 0.25) is 0 Å². The van der Waals surface area contributed by atoms with Crippen molar-refractivity contribution in [2.45, 2.75) is 6.92 Å². The van der Waals surface area contributed by atoms with Crippen LogP contribution in [-0.2, 0) is 9.53 Å². The first-order valence-corrected chi connectivity index (χ1v) is 7.22. The van der Waals surface area contributed by atoms with Crippen LogP contribution in [0.25, 0.3) is 10.6 Å². The monoisotopic (exact) mass is 296 g/mol. The minimum atomic E-state index is -0.478. The third-order valence-corrected chi connectivity index (χ3v) is 4.28. The van der Waals surface area contributed by atoms with E-state index in [1.54, 1.807) is 18.3 Å². The minimum absolute atomic E-state index is 0.138. The maximum atomic E-state index is 11.9. The Bertz CT molecular complexity index is 590. The van der Waals surface area contributed by atoms with E-state index in [0.717, 1.165) is 10.6 Å². The van der Waals surface area contributed by atoms with E-state index >= 15 is 0 Å². The van der Waals surface area contributed by atoms with Gasteiger partial charge in [0.15, 0.2) is 0 Å². The van der Waals surface area contributed by atoms with Crippen LogP contribution in [0.5, 0.6) is 0 Å². The summed E-state index contributed by atoms with van der Waals surface area (Å²) in [5.41, 5.74) is 1.67. The molecular formula is C12H12N2O3S2. The number of nitrogens with zero attached hydrogens (tertiary/aromatic N) is 1. The fourth-order valence-electron chi connectivity index (χ4n) is 1.42. The van der Waals surface area contributed by atoms with Crippen LogP contribution in [0, 0.1) is 6.92 Å². The van der Waals surface area contributed by atoms with Crippen molar-refractivity contribution < 1.29 is 14.3 Å². The number of carbonyl (C=O) groups is 2. The minimum Gasteiger partial charge on any atom is -0.468 e. The number of methoxy groups -OCH3 is 1. The predicted octanol–water partition coefficient (Wildman–Crippen LogP) is 2.08. The van der Waals surface area contributed by atoms with Gasteiger partial charge in [0.1, 0.15) is 16.4 Å². The highest BCUT2D eigenvalue weighted by atomic mass is 32.1. The lowest BCUT2D eigenvalue weighted by Crippen LogP contribution is -2.29. The number of thiophene rings is 1. The molecule has 2 heterocycles. The molecule has 7 heteroatoms. The molecule has 1 N–H and O–H groups in total. The summed E-state index contributed by atoms with van der Waals surface area (Å²) in [5.74, 6) is -0.782. The molecule has 0 saturated heterocycles. The van der Waals surface area contributed by atoms with E-state index in [2.05, 4.69) is 15.0 Å². The van der Waals surface area contributed by atoms with Crippen molar-refractivity contribution in [3.05, 3.63) is 27.4 Å². The van der Waals surface area contributed by atoms with Crippen molar-refractivity contribution >= 4 is 34.6 Å². The Morgan fingerprint density at radius 1 is 1.47 bits per heavy atom. The van der Waals surface area contributed by atoms with Gasteiger partial charge in [-0.25, -0.2) is 4.98 Å². The van der Waals surface area contributed by atoms with Gasteiger partial charge < -0.3 is 10.1 Å². The molecule has 0 spiro atoms. The average molecular weight is 296 g/mol. The lowest BCUT2D eigenvalue weighted by molar-refractivity contribution is -0.139. The Balaban J connectivity index is 2.12. The largest absolute Gasteiger partial charge is 0.468 e. The molecule has 0 fully saturated rings. The van der Waals surface area contributed by atoms with Crippen LogP contribution in [-0.4, -0.2) is 30.5 Å². The van der Waals surface area contributed by atoms with Crippen LogP contribution in [0.4, 0.5) is 0 Å². The van der Waals surface area contributed by atoms with Crippen molar-refractivity contribution in [2.24, 2.45) is 0 Å². The van der Waals surface area contributed by atoms with E-state index in [4.69, 9.17) is 0 Å². The summed E-state index contributed by atoms with van der Waals surface area (Å²) in [5, 5.41) is 7.26. The molecule has 0 atom stereocenters. The van der Waals surface area contributed by atoms with Gasteiger partial charge in [0.2, 0.25) is 0 Å². The zero-order valence-corrected chi connectivity index (χ0v) is 12.1. The second-order valence-electron chi connectivity index (χ2n) is 3.70. The summed E-state index contributed by atoms with van der Waals surface area (Å²) >= 11 is 2.90. The van der Waals surface area contributed by atoms with E-state index in [1.807, 2.05) is 16.8 Å². The van der Waals surface area contributed by atoms with Crippen molar-refractivity contribution in [3.8, 4) is 10.6 Å². The lowest BCUT2D eigenvalue weighted by atomic mass is 10.3. The lowest BCUT2D eigenvalue weighted by Gasteiger charge is -2.01. The number of carbonyl (C=O) groups excluding carboxylic acids is 2. The van der Waals surface area contributed by atoms with E-state index in [0.29, 0.717) is 10.6 Å². The summed E-state index contributed by atoms with van der Waals surface area (Å²) in [6, 6.07) is 1.96. The van der Waals surface area contributed by atoms with Gasteiger partial charge in [-0.05, 0) is 18.4 Å². The number of aromatic nitrogens is 1. The maximum absolute atomic E-state index is 11.9. The number of hydrogen-bond acceptors (Lipinski definition) is 6. The molecule has 100 valence electrons. The third-order valence-electron chi connectivity index (χ3n) is 2.39. The number of ether oxygens (including phenoxy) is 1. The highest BCUT2D eigenvalue weighted by Gasteiger charge is 2.17. The fraction of sp³-hybridized carbons (Fsp3) is 0.250. The smallest absolute Gasteiger partial charge is 0.325 e. The number of amides is 1. The molecule has 0 aliphatic rings. The van der Waals surface area contributed by atoms with Crippen molar-refractivity contribution in [1.29, 1.82) is 0 Å². The summed E-state index contributed by atoms with van der Waals surface area (Å²) in [4.78, 5) is 27.8. The van der Waals surface area contributed by atoms with Crippen molar-refractivity contribution in [1.82, 2.24) is 10.3 Å². The molecule has 2 aromatic heterocycles. The Kier molecular flexibility index (Phi) is 4.28. The standard InChI is InChI=1S/C12H12N2O3S2/c1-7-10(11(16)13-5-9(15)17-2)19-12(14-7)8-3-4-18-6-8/h3-4,6H,5H2,1-2H3,(H,13,16). The summed E-state index contributed by atoms with van der Waals surface area (Å²) < 4.78 is 4.47. The first-order chi connectivity index (χ1) is 9.11. The van der Waals surface area contributed by atoms with E-state index in [1.165, 1.54) is 18.4 Å². The third kappa shape index (κ3) is 3.18. The predicted molar refractivity (Wildman–Crippen MR) is 74.5 cm³/mol. The quantitative estimate of drug-likeness (QED) is 0.877. The fourth-order valence-corrected chi connectivity index (χ4v) is 3.12. The second-order valence-corrected chi connectivity index (χ2v) is 5.48. The van der Waals surface area contributed by atoms with Crippen LogP contribution < -0.4 is 5.32 Å². The molecular weight excluding hydrogens is 284 g/mol. The molecule has 1 amide bonds. The Morgan fingerprint density at radius 3 is 2.89 bits per heavy atom. The molecule has 0 saturated carbocycles. The molecule has 2 aromatic rings. The molecule has 2 rings (SSSR count). The topological polar surface area (TPSA) is 68.3 Å². The normalized spacial score (nSPS) is 10.2. The molecule has 0 radical (unpaired) electrons. The average Bonchev–Trinajstić information content (AvgIpc) is 3.04. The SMILES string of the molecule is COC(=O)CNC(=O)c1sc(-c2ccsc2)nc1C. The second kappa shape index (κ2) is 5.94. The molecule has 19 heavy (non-hydrogen) atoms. The zero-order valence-electron chi connectivity index (χ0n) is 10.4. The molecule has 0 aliphatic heterocycles. The van der Waals surface area contributed by atoms with Gasteiger partial charge >= 0.3 is 5.97 Å². The van der Waals surface area contributed by atoms with Gasteiger partial charge in [-0.2, -0.15) is 11.3 Å². The summed E-state index contributed by atoms with van der Waals surface area (Å²) in [7, 11) is 1.28. The van der Waals surface area contributed by atoms with Gasteiger partial charge in [-0.3, -0.25) is 9.59 Å². The number of aryl methyl sites for hydroxylation is 1. The van der Waals surface area contributed by atoms with Gasteiger partial charge in [0.05, 0.1) is 12.8 Å². The molecule has 5 nitrogen and oxygen atoms in total. The van der Waals surface area contributed by atoms with Crippen molar-refractivity contribution in [3.63, 3.8) is 0 Å². The molecule has 0 aromatic carbocycles. The molecule has 0 unspecified atom stereocenters. The van der Waals surface area contributed by atoms with Crippen LogP contribution >= 0.6 is 22.7 Å². The maximum Gasteiger partial charge on any atom is 0.325 e. The number of rotatable bonds is 4. The van der Waals surface area contributed by atoms with Gasteiger partial charge in [-0.15, -0.1) is 11.3 Å². The van der Waals surface area contributed by atoms with Crippen LogP contribution in [0.1, 0.15) is 15.4 Å². The Labute approximate surface area is 118 Å². The van der Waals surface area contributed by atoms with E-state index in [-0.39, 0.29) is 12.5 Å². The Morgan fingerprint density at radius 2 is 2.26 bits per heavy atom. The van der Waals surface area contributed by atoms with Gasteiger partial charge in [-0.1, -0.05) is 0 Å². The first-order valence-electron chi connectivity index (χ1n) is 5.47. The number of esters is 1. The van der Waals surface area contributed by atoms with Crippen LogP contribution in [0.3, 0.4) is 0 Å². The molecule has 0 aliphatic carbocycles. The van der Waals surface area contributed by atoms with Crippen LogP contribution in [0.15, 0.2) is 16.8 Å². The number of hydrogen-bond donors (Lipinski definition) is 1. The highest BCUT2D eigenvalue weighted by Crippen LogP contribution is 2.29. The zero-order chi connectivity index (χ0) is 13.8. The molecule has 0 bridgehead atoms.